The van der Waals surface area contributed by atoms with Gasteiger partial charge in [-0.05, 0) is 52.3 Å². The van der Waals surface area contributed by atoms with E-state index in [2.05, 4.69) is 15.9 Å². The second kappa shape index (κ2) is 5.71. The third-order valence-electron chi connectivity index (χ3n) is 2.30. The monoisotopic (exact) mass is 344 g/mol. The van der Waals surface area contributed by atoms with E-state index in [1.807, 2.05) is 0 Å². The Morgan fingerprint density at radius 3 is 2.42 bits per heavy atom. The molecule has 1 N–H and O–H groups in total. The molecule has 2 nitrogen and oxygen atoms in total. The number of aromatic carboxylic acids is 1. The summed E-state index contributed by atoms with van der Waals surface area (Å²) in [5.74, 6) is -2.84. The number of carboxylic acid groups (broad SMARTS) is 1. The van der Waals surface area contributed by atoms with Gasteiger partial charge in [-0.1, -0.05) is 11.8 Å². The number of hydrogen-bond acceptors (Lipinski definition) is 2. The summed E-state index contributed by atoms with van der Waals surface area (Å²) >= 11 is 4.46. The molecule has 0 radical (unpaired) electrons. The smallest absolute Gasteiger partial charge is 0.335 e. The summed E-state index contributed by atoms with van der Waals surface area (Å²) in [4.78, 5) is 12.0. The first-order chi connectivity index (χ1) is 8.97. The van der Waals surface area contributed by atoms with Crippen LogP contribution in [0.2, 0.25) is 0 Å². The van der Waals surface area contributed by atoms with Gasteiger partial charge in [0.15, 0.2) is 11.6 Å². The lowest BCUT2D eigenvalue weighted by Crippen LogP contribution is -1.95. The van der Waals surface area contributed by atoms with Crippen LogP contribution in [-0.4, -0.2) is 11.1 Å². The molecule has 0 spiro atoms. The molecule has 0 saturated heterocycles. The zero-order valence-corrected chi connectivity index (χ0v) is 11.8. The first-order valence-corrected chi connectivity index (χ1v) is 6.74. The normalized spacial score (nSPS) is 10.5. The fourth-order valence-corrected chi connectivity index (χ4v) is 2.85. The number of hydrogen-bond donors (Lipinski definition) is 1. The van der Waals surface area contributed by atoms with Crippen molar-refractivity contribution in [3.8, 4) is 0 Å². The predicted molar refractivity (Wildman–Crippen MR) is 71.6 cm³/mol. The van der Waals surface area contributed by atoms with E-state index >= 15 is 0 Å². The van der Waals surface area contributed by atoms with Crippen LogP contribution >= 0.6 is 27.7 Å². The van der Waals surface area contributed by atoms with Gasteiger partial charge in [-0.2, -0.15) is 0 Å². The van der Waals surface area contributed by atoms with Crippen LogP contribution in [0.4, 0.5) is 8.78 Å². The Hall–Kier alpha value is -1.40. The number of rotatable bonds is 3. The number of carbonyl (C=O) groups is 1. The van der Waals surface area contributed by atoms with E-state index in [4.69, 9.17) is 5.11 Å². The molecular weight excluding hydrogens is 338 g/mol. The van der Waals surface area contributed by atoms with Crippen LogP contribution in [0.3, 0.4) is 0 Å². The maximum Gasteiger partial charge on any atom is 0.335 e. The highest BCUT2D eigenvalue weighted by Gasteiger charge is 2.09. The van der Waals surface area contributed by atoms with Gasteiger partial charge in [-0.3, -0.25) is 0 Å². The van der Waals surface area contributed by atoms with Gasteiger partial charge >= 0.3 is 5.97 Å². The molecule has 2 aromatic carbocycles. The van der Waals surface area contributed by atoms with Crippen LogP contribution in [0.15, 0.2) is 50.7 Å². The molecule has 6 heteroatoms. The fraction of sp³-hybridized carbons (Fsp3) is 0. The minimum absolute atomic E-state index is 0.154. The Bertz CT molecular complexity index is 647. The SMILES string of the molecule is O=C(O)c1ccc(Sc2ccc(F)c(F)c2)c(Br)c1. The van der Waals surface area contributed by atoms with Crippen molar-refractivity contribution in [3.63, 3.8) is 0 Å². The molecule has 19 heavy (non-hydrogen) atoms. The Morgan fingerprint density at radius 1 is 1.11 bits per heavy atom. The lowest BCUT2D eigenvalue weighted by atomic mass is 10.2. The standard InChI is InChI=1S/C13H7BrF2O2S/c14-9-5-7(13(17)18)1-4-12(9)19-8-2-3-10(15)11(16)6-8/h1-6H,(H,17,18). The molecule has 0 heterocycles. The van der Waals surface area contributed by atoms with Gasteiger partial charge in [0.2, 0.25) is 0 Å². The Morgan fingerprint density at radius 2 is 1.84 bits per heavy atom. The largest absolute Gasteiger partial charge is 0.478 e. The average molecular weight is 345 g/mol. The van der Waals surface area contributed by atoms with Crippen molar-refractivity contribution < 1.29 is 18.7 Å². The number of halogens is 3. The van der Waals surface area contributed by atoms with E-state index in [0.29, 0.717) is 9.37 Å². The van der Waals surface area contributed by atoms with Crippen molar-refractivity contribution in [1.82, 2.24) is 0 Å². The molecule has 98 valence electrons. The molecule has 0 aliphatic heterocycles. The lowest BCUT2D eigenvalue weighted by Gasteiger charge is -2.06. The second-order valence-electron chi connectivity index (χ2n) is 3.63. The lowest BCUT2D eigenvalue weighted by molar-refractivity contribution is 0.0696. The van der Waals surface area contributed by atoms with Crippen LogP contribution in [0.25, 0.3) is 0 Å². The minimum Gasteiger partial charge on any atom is -0.478 e. The summed E-state index contributed by atoms with van der Waals surface area (Å²) in [6, 6.07) is 8.13. The summed E-state index contributed by atoms with van der Waals surface area (Å²) < 4.78 is 26.5. The summed E-state index contributed by atoms with van der Waals surface area (Å²) in [7, 11) is 0. The van der Waals surface area contributed by atoms with Gasteiger partial charge in [-0.25, -0.2) is 13.6 Å². The van der Waals surface area contributed by atoms with E-state index in [-0.39, 0.29) is 5.56 Å². The van der Waals surface area contributed by atoms with Crippen LogP contribution in [0.1, 0.15) is 10.4 Å². The van der Waals surface area contributed by atoms with Crippen LogP contribution in [-0.2, 0) is 0 Å². The molecule has 0 aliphatic carbocycles. The molecule has 0 aliphatic rings. The first-order valence-electron chi connectivity index (χ1n) is 5.13. The van der Waals surface area contributed by atoms with Gasteiger partial charge in [-0.15, -0.1) is 0 Å². The third-order valence-corrected chi connectivity index (χ3v) is 4.28. The van der Waals surface area contributed by atoms with Crippen molar-refractivity contribution in [3.05, 3.63) is 58.1 Å². The summed E-state index contributed by atoms with van der Waals surface area (Å²) in [5.41, 5.74) is 0.154. The van der Waals surface area contributed by atoms with E-state index in [1.165, 1.54) is 30.0 Å². The highest BCUT2D eigenvalue weighted by Crippen LogP contribution is 2.34. The molecule has 2 aromatic rings. The summed E-state index contributed by atoms with van der Waals surface area (Å²) in [6.45, 7) is 0. The van der Waals surface area contributed by atoms with Gasteiger partial charge in [0.25, 0.3) is 0 Å². The molecular formula is C13H7BrF2O2S. The second-order valence-corrected chi connectivity index (χ2v) is 5.60. The number of carboxylic acids is 1. The van der Waals surface area contributed by atoms with Crippen LogP contribution < -0.4 is 0 Å². The van der Waals surface area contributed by atoms with E-state index in [9.17, 15) is 13.6 Å². The average Bonchev–Trinajstić information content (AvgIpc) is 2.36. The maximum atomic E-state index is 13.1. The Balaban J connectivity index is 2.28. The third kappa shape index (κ3) is 3.33. The topological polar surface area (TPSA) is 37.3 Å². The van der Waals surface area contributed by atoms with Gasteiger partial charge in [0.1, 0.15) is 0 Å². The maximum absolute atomic E-state index is 13.1. The minimum atomic E-state index is -1.02. The van der Waals surface area contributed by atoms with Gasteiger partial charge in [0.05, 0.1) is 5.56 Å². The zero-order chi connectivity index (χ0) is 14.0. The molecule has 0 unspecified atom stereocenters. The first kappa shape index (κ1) is 14.0. The van der Waals surface area contributed by atoms with Crippen LogP contribution in [0.5, 0.6) is 0 Å². The molecule has 0 aromatic heterocycles. The fourth-order valence-electron chi connectivity index (χ4n) is 1.38. The number of benzene rings is 2. The van der Waals surface area contributed by atoms with Crippen molar-refractivity contribution in [2.75, 3.05) is 0 Å². The van der Waals surface area contributed by atoms with Crippen molar-refractivity contribution in [2.24, 2.45) is 0 Å². The van der Waals surface area contributed by atoms with Crippen molar-refractivity contribution >= 4 is 33.7 Å². The summed E-state index contributed by atoms with van der Waals surface area (Å²) in [5, 5.41) is 8.84. The highest BCUT2D eigenvalue weighted by molar-refractivity contribution is 9.10. The Kier molecular flexibility index (Phi) is 4.21. The van der Waals surface area contributed by atoms with Crippen LogP contribution in [0, 0.1) is 11.6 Å². The highest BCUT2D eigenvalue weighted by atomic mass is 79.9. The van der Waals surface area contributed by atoms with E-state index in [1.54, 1.807) is 6.07 Å². The molecule has 0 atom stereocenters. The molecule has 0 saturated carbocycles. The summed E-state index contributed by atoms with van der Waals surface area (Å²) in [6.07, 6.45) is 0. The molecule has 2 rings (SSSR count). The van der Waals surface area contributed by atoms with E-state index < -0.39 is 17.6 Å². The zero-order valence-electron chi connectivity index (χ0n) is 9.36. The van der Waals surface area contributed by atoms with Crippen molar-refractivity contribution in [2.45, 2.75) is 9.79 Å². The Labute approximate surface area is 120 Å². The van der Waals surface area contributed by atoms with Gasteiger partial charge < -0.3 is 5.11 Å². The molecule has 0 bridgehead atoms. The van der Waals surface area contributed by atoms with Gasteiger partial charge in [0, 0.05) is 14.3 Å². The quantitative estimate of drug-likeness (QED) is 0.885. The predicted octanol–water partition coefficient (Wildman–Crippen LogP) is 4.58. The van der Waals surface area contributed by atoms with E-state index in [0.717, 1.165) is 17.0 Å². The van der Waals surface area contributed by atoms with Crippen molar-refractivity contribution in [1.29, 1.82) is 0 Å². The molecule has 0 fully saturated rings. The molecule has 0 amide bonds.